The molecule has 0 saturated carbocycles. The van der Waals surface area contributed by atoms with Gasteiger partial charge in [-0.3, -0.25) is 43.3 Å². The van der Waals surface area contributed by atoms with Crippen LogP contribution in [0.3, 0.4) is 0 Å². The monoisotopic (exact) mass is 1000 g/mol. The lowest BCUT2D eigenvalue weighted by Crippen LogP contribution is -2.61. The number of guanidine groups is 1. The van der Waals surface area contributed by atoms with Crippen LogP contribution in [-0.4, -0.2) is 140 Å². The van der Waals surface area contributed by atoms with Crippen molar-refractivity contribution in [1.29, 1.82) is 0 Å². The number of hydrogen-bond acceptors (Lipinski definition) is 12. The molecule has 17 N–H and O–H groups in total. The minimum atomic E-state index is -1.72. The number of aromatic nitrogens is 3. The van der Waals surface area contributed by atoms with E-state index in [9.17, 15) is 53.4 Å². The molecule has 0 aliphatic carbocycles. The summed E-state index contributed by atoms with van der Waals surface area (Å²) < 4.78 is 0. The molecule has 0 bridgehead atoms. The van der Waals surface area contributed by atoms with Crippen molar-refractivity contribution in [2.45, 2.75) is 114 Å². The first-order valence-electron chi connectivity index (χ1n) is 23.2. The Morgan fingerprint density at radius 3 is 1.74 bits per heavy atom. The molecular formula is C47H64N14O11. The van der Waals surface area contributed by atoms with Crippen LogP contribution in [0.2, 0.25) is 0 Å². The second kappa shape index (κ2) is 28.3. The molecule has 2 aromatic heterocycles. The van der Waals surface area contributed by atoms with Gasteiger partial charge >= 0.3 is 11.9 Å². The van der Waals surface area contributed by atoms with E-state index in [-0.39, 0.29) is 51.0 Å². The van der Waals surface area contributed by atoms with Crippen LogP contribution in [0.15, 0.2) is 78.3 Å². The number of carbonyl (C=O) groups is 9. The van der Waals surface area contributed by atoms with Gasteiger partial charge in [0.2, 0.25) is 41.4 Å². The number of imidazole rings is 1. The Kier molecular flexibility index (Phi) is 22.1. The Morgan fingerprint density at radius 2 is 1.17 bits per heavy atom. The highest BCUT2D eigenvalue weighted by Crippen LogP contribution is 2.20. The Bertz CT molecular complexity index is 2510. The van der Waals surface area contributed by atoms with Crippen molar-refractivity contribution in [3.05, 3.63) is 90.1 Å². The maximum absolute atomic E-state index is 14.6. The largest absolute Gasteiger partial charge is 0.481 e. The number of carbonyl (C=O) groups excluding carboxylic acids is 7. The number of unbranched alkanes of at least 4 members (excludes halogenated alkanes) is 1. The quantitative estimate of drug-likeness (QED) is 0.0154. The fraction of sp³-hybridized carbons (Fsp3) is 0.426. The number of aliphatic carboxylic acids is 2. The van der Waals surface area contributed by atoms with Crippen molar-refractivity contribution in [2.75, 3.05) is 13.1 Å². The number of nitrogens with one attached hydrogen (secondary N) is 9. The molecule has 4 aromatic rings. The van der Waals surface area contributed by atoms with Gasteiger partial charge in [0.05, 0.1) is 12.7 Å². The number of nitrogens with two attached hydrogens (primary N) is 3. The molecule has 0 aliphatic heterocycles. The number of aromatic amines is 2. The molecule has 4 rings (SSSR count). The molecule has 7 atom stereocenters. The van der Waals surface area contributed by atoms with E-state index in [2.05, 4.69) is 57.2 Å². The van der Waals surface area contributed by atoms with Crippen molar-refractivity contribution in [3.8, 4) is 0 Å². The van der Waals surface area contributed by atoms with Gasteiger partial charge in [-0.2, -0.15) is 0 Å². The van der Waals surface area contributed by atoms with Crippen molar-refractivity contribution in [2.24, 2.45) is 22.2 Å². The zero-order valence-corrected chi connectivity index (χ0v) is 39.9. The molecule has 0 spiro atoms. The minimum absolute atomic E-state index is 0.0210. The minimum Gasteiger partial charge on any atom is -0.481 e. The van der Waals surface area contributed by atoms with E-state index < -0.39 is 109 Å². The third-order valence-corrected chi connectivity index (χ3v) is 11.2. The van der Waals surface area contributed by atoms with Crippen LogP contribution in [0, 0.1) is 0 Å². The van der Waals surface area contributed by atoms with E-state index in [1.807, 2.05) is 6.92 Å². The van der Waals surface area contributed by atoms with Gasteiger partial charge in [0.15, 0.2) is 5.96 Å². The molecule has 25 nitrogen and oxygen atoms in total. The standard InChI is InChI=1S/C47H64N14O11/c1-3-4-14-32(55-26(2)62)40(65)60-37(21-39(63)64)45(70)59-36(20-29-24-51-25-54-29)44(69)57-34(18-27-11-6-5-7-12-27)42(67)56-33(16-10-17-52-47(49)50)41(66)58-35(43(68)61-38(22-48)46(71)72)19-28-23-53-31-15-9-8-13-30(28)31/h5-9,11-13,15,23-25,32-38,53H,3-4,10,14,16-22,48H2,1-2H3,(H,51,54)(H,55,62)(H,56,67)(H,57,69)(H,58,66)(H,59,70)(H,60,65)(H,61,68)(H,63,64)(H,71,72)(H4,49,50,52)/t32-,33-,34+,35-,36-,37-,38-/m0/s1. The van der Waals surface area contributed by atoms with Gasteiger partial charge in [-0.25, -0.2) is 9.78 Å². The zero-order chi connectivity index (χ0) is 52.7. The average molecular weight is 1000 g/mol. The fourth-order valence-electron chi connectivity index (χ4n) is 7.55. The molecule has 0 radical (unpaired) electrons. The van der Waals surface area contributed by atoms with Gasteiger partial charge in [-0.05, 0) is 36.5 Å². The second-order valence-corrected chi connectivity index (χ2v) is 16.9. The van der Waals surface area contributed by atoms with Gasteiger partial charge in [-0.15, -0.1) is 0 Å². The third-order valence-electron chi connectivity index (χ3n) is 11.2. The molecule has 388 valence electrons. The molecular weight excluding hydrogens is 937 g/mol. The molecule has 72 heavy (non-hydrogen) atoms. The number of benzene rings is 2. The smallest absolute Gasteiger partial charge is 0.327 e. The molecule has 2 aromatic carbocycles. The highest BCUT2D eigenvalue weighted by Gasteiger charge is 2.35. The third kappa shape index (κ3) is 18.2. The first-order chi connectivity index (χ1) is 34.4. The predicted octanol–water partition coefficient (Wildman–Crippen LogP) is -1.91. The van der Waals surface area contributed by atoms with Crippen LogP contribution in [0.4, 0.5) is 0 Å². The number of carboxylic acids is 2. The Hall–Kier alpha value is -8.35. The molecule has 2 heterocycles. The number of nitrogens with zero attached hydrogens (tertiary/aromatic N) is 2. The van der Waals surface area contributed by atoms with E-state index in [1.165, 1.54) is 19.4 Å². The molecule has 0 aliphatic rings. The fourth-order valence-corrected chi connectivity index (χ4v) is 7.55. The van der Waals surface area contributed by atoms with Crippen LogP contribution >= 0.6 is 0 Å². The first kappa shape index (κ1) is 56.2. The van der Waals surface area contributed by atoms with E-state index >= 15 is 0 Å². The van der Waals surface area contributed by atoms with Crippen LogP contribution < -0.4 is 54.4 Å². The summed E-state index contributed by atoms with van der Waals surface area (Å²) in [7, 11) is 0. The number of para-hydroxylation sites is 1. The first-order valence-corrected chi connectivity index (χ1v) is 23.2. The van der Waals surface area contributed by atoms with Crippen molar-refractivity contribution in [3.63, 3.8) is 0 Å². The van der Waals surface area contributed by atoms with Crippen LogP contribution in [0.1, 0.15) is 69.2 Å². The lowest BCUT2D eigenvalue weighted by Gasteiger charge is -2.28. The van der Waals surface area contributed by atoms with Crippen LogP contribution in [-0.2, 0) is 62.4 Å². The molecule has 0 fully saturated rings. The SMILES string of the molecule is CCCC[C@H](NC(C)=O)C(=O)N[C@@H](CC(=O)O)C(=O)N[C@@H](Cc1cnc[nH]1)C(=O)N[C@H](Cc1ccccc1)C(=O)N[C@@H](CCCN=C(N)N)C(=O)N[C@@H](Cc1c[nH]c2ccccc12)C(=O)N[C@@H](CN)C(=O)O. The highest BCUT2D eigenvalue weighted by atomic mass is 16.4. The number of rotatable bonds is 30. The van der Waals surface area contributed by atoms with Crippen molar-refractivity contribution >= 4 is 70.2 Å². The Labute approximate surface area is 414 Å². The lowest BCUT2D eigenvalue weighted by molar-refractivity contribution is -0.142. The maximum atomic E-state index is 14.6. The molecule has 0 saturated heterocycles. The van der Waals surface area contributed by atoms with Gasteiger partial charge < -0.3 is 74.6 Å². The van der Waals surface area contributed by atoms with Gasteiger partial charge in [0.25, 0.3) is 0 Å². The number of fused-ring (bicyclic) bond motifs is 1. The zero-order valence-electron chi connectivity index (χ0n) is 39.9. The summed E-state index contributed by atoms with van der Waals surface area (Å²) in [5, 5.41) is 37.9. The summed E-state index contributed by atoms with van der Waals surface area (Å²) in [6.07, 6.45) is 4.27. The Morgan fingerprint density at radius 1 is 0.639 bits per heavy atom. The normalized spacial score (nSPS) is 13.9. The summed E-state index contributed by atoms with van der Waals surface area (Å²) in [5.74, 6) is -9.11. The molecule has 25 heteroatoms. The van der Waals surface area contributed by atoms with E-state index in [0.717, 1.165) is 10.9 Å². The molecule has 0 unspecified atom stereocenters. The van der Waals surface area contributed by atoms with E-state index in [4.69, 9.17) is 17.2 Å². The second-order valence-electron chi connectivity index (χ2n) is 16.9. The summed E-state index contributed by atoms with van der Waals surface area (Å²) in [6, 6.07) is 5.52. The summed E-state index contributed by atoms with van der Waals surface area (Å²) >= 11 is 0. The van der Waals surface area contributed by atoms with E-state index in [1.54, 1.807) is 60.8 Å². The van der Waals surface area contributed by atoms with E-state index in [0.29, 0.717) is 29.7 Å². The van der Waals surface area contributed by atoms with Crippen LogP contribution in [0.5, 0.6) is 0 Å². The summed E-state index contributed by atoms with van der Waals surface area (Å²) in [4.78, 5) is 134. The number of carboxylic acid groups (broad SMARTS) is 2. The number of aliphatic imine (C=N–C) groups is 1. The van der Waals surface area contributed by atoms with Crippen molar-refractivity contribution in [1.82, 2.24) is 52.2 Å². The average Bonchev–Trinajstić information content (AvgIpc) is 4.01. The van der Waals surface area contributed by atoms with Gasteiger partial charge in [0, 0.05) is 68.3 Å². The van der Waals surface area contributed by atoms with Crippen molar-refractivity contribution < 1.29 is 53.4 Å². The topological polar surface area (TPSA) is 413 Å². The van der Waals surface area contributed by atoms with Crippen LogP contribution in [0.25, 0.3) is 10.9 Å². The number of H-pyrrole nitrogens is 2. The number of amides is 7. The predicted molar refractivity (Wildman–Crippen MR) is 262 cm³/mol. The van der Waals surface area contributed by atoms with Gasteiger partial charge in [0.1, 0.15) is 42.3 Å². The highest BCUT2D eigenvalue weighted by molar-refractivity contribution is 5.98. The Balaban J connectivity index is 1.67. The lowest BCUT2D eigenvalue weighted by atomic mass is 10.0. The van der Waals surface area contributed by atoms with Gasteiger partial charge in [-0.1, -0.05) is 68.3 Å². The summed E-state index contributed by atoms with van der Waals surface area (Å²) in [6.45, 7) is 2.63. The summed E-state index contributed by atoms with van der Waals surface area (Å²) in [5.41, 5.74) is 18.9. The molecule has 7 amide bonds. The maximum Gasteiger partial charge on any atom is 0.327 e. The number of hydrogen-bond donors (Lipinski definition) is 14.